The van der Waals surface area contributed by atoms with E-state index in [4.69, 9.17) is 20.9 Å². The molecule has 0 fully saturated rings. The van der Waals surface area contributed by atoms with Gasteiger partial charge in [0.25, 0.3) is 11.8 Å². The average molecular weight is 387 g/mol. The molecule has 138 valence electrons. The number of carbonyl (C=O) groups is 2. The molecule has 1 amide bonds. The molecule has 1 aromatic carbocycles. The molecule has 0 bridgehead atoms. The Balaban J connectivity index is 1.60. The van der Waals surface area contributed by atoms with Gasteiger partial charge in [-0.25, -0.2) is 9.78 Å². The zero-order chi connectivity index (χ0) is 19.4. The second kappa shape index (κ2) is 7.96. The molecule has 0 aliphatic carbocycles. The van der Waals surface area contributed by atoms with E-state index in [0.29, 0.717) is 33.7 Å². The van der Waals surface area contributed by atoms with E-state index in [-0.39, 0.29) is 0 Å². The quantitative estimate of drug-likeness (QED) is 0.670. The van der Waals surface area contributed by atoms with Gasteiger partial charge in [0.15, 0.2) is 11.9 Å². The summed E-state index contributed by atoms with van der Waals surface area (Å²) in [6.45, 7) is 3.18. The van der Waals surface area contributed by atoms with E-state index in [1.165, 1.54) is 13.1 Å². The van der Waals surface area contributed by atoms with Crippen LogP contribution in [0.5, 0.6) is 0 Å². The number of benzene rings is 1. The first-order valence-corrected chi connectivity index (χ1v) is 8.34. The van der Waals surface area contributed by atoms with E-state index < -0.39 is 18.0 Å². The summed E-state index contributed by atoms with van der Waals surface area (Å²) in [5.74, 6) is 0.0525. The Hall–Kier alpha value is -3.26. The molecule has 0 aliphatic rings. The van der Waals surface area contributed by atoms with Crippen molar-refractivity contribution in [1.29, 1.82) is 0 Å². The Morgan fingerprint density at radius 3 is 2.52 bits per heavy atom. The van der Waals surface area contributed by atoms with Crippen LogP contribution in [0.4, 0.5) is 5.82 Å². The second-order valence-corrected chi connectivity index (χ2v) is 6.06. The topological polar surface area (TPSA) is 107 Å². The summed E-state index contributed by atoms with van der Waals surface area (Å²) in [5, 5.41) is 6.71. The molecule has 27 heavy (non-hydrogen) atoms. The highest BCUT2D eigenvalue weighted by atomic mass is 35.5. The van der Waals surface area contributed by atoms with Crippen molar-refractivity contribution in [3.63, 3.8) is 0 Å². The summed E-state index contributed by atoms with van der Waals surface area (Å²) in [6.07, 6.45) is 0.397. The maximum atomic E-state index is 12.2. The molecule has 0 spiro atoms. The first kappa shape index (κ1) is 18.5. The van der Waals surface area contributed by atoms with Gasteiger partial charge in [-0.3, -0.25) is 4.79 Å². The van der Waals surface area contributed by atoms with E-state index in [9.17, 15) is 9.59 Å². The number of hydrogen-bond donors (Lipinski definition) is 1. The highest BCUT2D eigenvalue weighted by Crippen LogP contribution is 2.18. The summed E-state index contributed by atoms with van der Waals surface area (Å²) in [5.41, 5.74) is 0.964. The van der Waals surface area contributed by atoms with Gasteiger partial charge in [0, 0.05) is 11.8 Å². The first-order chi connectivity index (χ1) is 12.9. The van der Waals surface area contributed by atoms with E-state index in [1.54, 1.807) is 43.3 Å². The molecule has 1 unspecified atom stereocenters. The minimum Gasteiger partial charge on any atom is -0.449 e. The predicted molar refractivity (Wildman–Crippen MR) is 97.2 cm³/mol. The molecular formula is C18H15ClN4O4. The van der Waals surface area contributed by atoms with Crippen LogP contribution in [-0.4, -0.2) is 33.1 Å². The number of esters is 1. The van der Waals surface area contributed by atoms with Crippen LogP contribution >= 0.6 is 11.6 Å². The maximum absolute atomic E-state index is 12.2. The number of anilines is 1. The Morgan fingerprint density at radius 1 is 1.19 bits per heavy atom. The third-order valence-corrected chi connectivity index (χ3v) is 3.75. The molecule has 8 nitrogen and oxygen atoms in total. The molecule has 0 saturated carbocycles. The van der Waals surface area contributed by atoms with Crippen molar-refractivity contribution in [2.45, 2.75) is 20.0 Å². The second-order valence-electron chi connectivity index (χ2n) is 5.62. The SMILES string of the molecule is Cc1noc(-c2ccc(C(=O)OC(C)C(=O)Nc3ccc(Cl)cn3)cc2)n1. The van der Waals surface area contributed by atoms with Crippen LogP contribution in [0.3, 0.4) is 0 Å². The normalized spacial score (nSPS) is 11.7. The number of aromatic nitrogens is 3. The monoisotopic (exact) mass is 386 g/mol. The lowest BCUT2D eigenvalue weighted by molar-refractivity contribution is -0.123. The summed E-state index contributed by atoms with van der Waals surface area (Å²) in [7, 11) is 0. The Morgan fingerprint density at radius 2 is 1.93 bits per heavy atom. The van der Waals surface area contributed by atoms with Gasteiger partial charge in [0.1, 0.15) is 5.82 Å². The number of ether oxygens (including phenoxy) is 1. The van der Waals surface area contributed by atoms with Crippen molar-refractivity contribution in [2.24, 2.45) is 0 Å². The van der Waals surface area contributed by atoms with Crippen LogP contribution < -0.4 is 5.32 Å². The number of carbonyl (C=O) groups excluding carboxylic acids is 2. The van der Waals surface area contributed by atoms with Gasteiger partial charge in [-0.05, 0) is 50.2 Å². The van der Waals surface area contributed by atoms with Crippen molar-refractivity contribution in [3.05, 3.63) is 59.0 Å². The summed E-state index contributed by atoms with van der Waals surface area (Å²) < 4.78 is 10.3. The highest BCUT2D eigenvalue weighted by Gasteiger charge is 2.19. The molecule has 3 rings (SSSR count). The lowest BCUT2D eigenvalue weighted by atomic mass is 10.1. The fourth-order valence-corrected chi connectivity index (χ4v) is 2.23. The number of pyridine rings is 1. The Kier molecular flexibility index (Phi) is 5.46. The lowest BCUT2D eigenvalue weighted by Gasteiger charge is -2.13. The molecule has 1 atom stereocenters. The van der Waals surface area contributed by atoms with Crippen molar-refractivity contribution in [3.8, 4) is 11.5 Å². The smallest absolute Gasteiger partial charge is 0.338 e. The van der Waals surface area contributed by atoms with E-state index in [0.717, 1.165) is 0 Å². The molecule has 0 radical (unpaired) electrons. The van der Waals surface area contributed by atoms with Crippen LogP contribution in [-0.2, 0) is 9.53 Å². The number of rotatable bonds is 5. The van der Waals surface area contributed by atoms with Gasteiger partial charge in [-0.1, -0.05) is 16.8 Å². The lowest BCUT2D eigenvalue weighted by Crippen LogP contribution is -2.30. The predicted octanol–water partition coefficient (Wildman–Crippen LogP) is 3.28. The number of amides is 1. The van der Waals surface area contributed by atoms with Crippen LogP contribution in [0.1, 0.15) is 23.1 Å². The largest absolute Gasteiger partial charge is 0.449 e. The fourth-order valence-electron chi connectivity index (χ4n) is 2.12. The number of halogens is 1. The number of aryl methyl sites for hydroxylation is 1. The minimum absolute atomic E-state index is 0.291. The molecule has 0 aliphatic heterocycles. The van der Waals surface area contributed by atoms with Gasteiger partial charge < -0.3 is 14.6 Å². The van der Waals surface area contributed by atoms with Crippen LogP contribution in [0.15, 0.2) is 47.1 Å². The van der Waals surface area contributed by atoms with Gasteiger partial charge in [0.2, 0.25) is 0 Å². The van der Waals surface area contributed by atoms with Crippen LogP contribution in [0, 0.1) is 6.92 Å². The number of hydrogen-bond acceptors (Lipinski definition) is 7. The maximum Gasteiger partial charge on any atom is 0.338 e. The molecule has 1 N–H and O–H groups in total. The van der Waals surface area contributed by atoms with E-state index >= 15 is 0 Å². The third-order valence-electron chi connectivity index (χ3n) is 3.53. The van der Waals surface area contributed by atoms with Gasteiger partial charge in [0.05, 0.1) is 10.6 Å². The van der Waals surface area contributed by atoms with Crippen molar-refractivity contribution < 1.29 is 18.8 Å². The molecule has 2 heterocycles. The van der Waals surface area contributed by atoms with E-state index in [2.05, 4.69) is 20.4 Å². The van der Waals surface area contributed by atoms with Crippen molar-refractivity contribution >= 4 is 29.3 Å². The van der Waals surface area contributed by atoms with Crippen molar-refractivity contribution in [2.75, 3.05) is 5.32 Å². The Bertz CT molecular complexity index is 954. The Labute approximate surface area is 159 Å². The zero-order valence-corrected chi connectivity index (χ0v) is 15.2. The number of nitrogens with one attached hydrogen (secondary N) is 1. The highest BCUT2D eigenvalue weighted by molar-refractivity contribution is 6.30. The van der Waals surface area contributed by atoms with Gasteiger partial charge in [-0.15, -0.1) is 0 Å². The van der Waals surface area contributed by atoms with E-state index in [1.807, 2.05) is 0 Å². The molecule has 0 saturated heterocycles. The summed E-state index contributed by atoms with van der Waals surface area (Å²) in [6, 6.07) is 9.57. The summed E-state index contributed by atoms with van der Waals surface area (Å²) in [4.78, 5) is 32.4. The summed E-state index contributed by atoms with van der Waals surface area (Å²) >= 11 is 5.74. The minimum atomic E-state index is -1.01. The van der Waals surface area contributed by atoms with Crippen molar-refractivity contribution in [1.82, 2.24) is 15.1 Å². The molecule has 2 aromatic heterocycles. The third kappa shape index (κ3) is 4.68. The number of nitrogens with zero attached hydrogens (tertiary/aromatic N) is 3. The van der Waals surface area contributed by atoms with Gasteiger partial charge >= 0.3 is 5.97 Å². The molecule has 9 heteroatoms. The standard InChI is InChI=1S/C18H15ClN4O4/c1-10(16(24)22-15-8-7-14(19)9-20-15)26-18(25)13-5-3-12(4-6-13)17-21-11(2)23-27-17/h3-10H,1-2H3,(H,20,22,24). The first-order valence-electron chi connectivity index (χ1n) is 7.96. The van der Waals surface area contributed by atoms with Crippen LogP contribution in [0.2, 0.25) is 5.02 Å². The molecule has 3 aromatic rings. The fraction of sp³-hybridized carbons (Fsp3) is 0.167. The zero-order valence-electron chi connectivity index (χ0n) is 14.5. The average Bonchev–Trinajstić information content (AvgIpc) is 3.10. The van der Waals surface area contributed by atoms with Crippen LogP contribution in [0.25, 0.3) is 11.5 Å². The molecular weight excluding hydrogens is 372 g/mol. The van der Waals surface area contributed by atoms with Gasteiger partial charge in [-0.2, -0.15) is 4.98 Å².